The minimum absolute atomic E-state index is 0.138. The van der Waals surface area contributed by atoms with Gasteiger partial charge in [-0.3, -0.25) is 4.79 Å². The van der Waals surface area contributed by atoms with Crippen molar-refractivity contribution < 1.29 is 14.3 Å². The van der Waals surface area contributed by atoms with Crippen LogP contribution in [0, 0.1) is 0 Å². The SMILES string of the molecule is COc1ccc2cc(C(=O)NCc3ccccc3OC3CCCC3)[nH]c2c1. The summed E-state index contributed by atoms with van der Waals surface area (Å²) in [5.74, 6) is 1.49. The van der Waals surface area contributed by atoms with Crippen LogP contribution >= 0.6 is 0 Å². The molecule has 0 spiro atoms. The van der Waals surface area contributed by atoms with Crippen LogP contribution in [0.2, 0.25) is 0 Å². The second-order valence-electron chi connectivity index (χ2n) is 6.95. The minimum Gasteiger partial charge on any atom is -0.497 e. The average molecular weight is 364 g/mol. The summed E-state index contributed by atoms with van der Waals surface area (Å²) in [6.07, 6.45) is 4.98. The van der Waals surface area contributed by atoms with Gasteiger partial charge in [-0.05, 0) is 49.9 Å². The molecular weight excluding hydrogens is 340 g/mol. The quantitative estimate of drug-likeness (QED) is 0.680. The van der Waals surface area contributed by atoms with Gasteiger partial charge in [0.2, 0.25) is 0 Å². The van der Waals surface area contributed by atoms with Gasteiger partial charge in [-0.25, -0.2) is 0 Å². The van der Waals surface area contributed by atoms with E-state index in [1.54, 1.807) is 7.11 Å². The molecule has 2 aromatic carbocycles. The Bertz CT molecular complexity index is 942. The maximum atomic E-state index is 12.6. The van der Waals surface area contributed by atoms with E-state index < -0.39 is 0 Å². The summed E-state index contributed by atoms with van der Waals surface area (Å²) in [4.78, 5) is 15.7. The van der Waals surface area contributed by atoms with E-state index in [1.807, 2.05) is 48.5 Å². The Balaban J connectivity index is 1.44. The van der Waals surface area contributed by atoms with Crippen molar-refractivity contribution in [1.29, 1.82) is 0 Å². The Labute approximate surface area is 158 Å². The van der Waals surface area contributed by atoms with E-state index in [2.05, 4.69) is 10.3 Å². The summed E-state index contributed by atoms with van der Waals surface area (Å²) in [5.41, 5.74) is 2.41. The van der Waals surface area contributed by atoms with Crippen molar-refractivity contribution in [2.24, 2.45) is 0 Å². The summed E-state index contributed by atoms with van der Waals surface area (Å²) in [5, 5.41) is 3.97. The van der Waals surface area contributed by atoms with Gasteiger partial charge < -0.3 is 19.8 Å². The highest BCUT2D eigenvalue weighted by Gasteiger charge is 2.18. The van der Waals surface area contributed by atoms with Crippen LogP contribution in [0.5, 0.6) is 11.5 Å². The standard InChI is InChI=1S/C22H24N2O3/c1-26-18-11-10-15-12-20(24-19(15)13-18)22(25)23-14-16-6-2-5-9-21(16)27-17-7-3-4-8-17/h2,5-6,9-13,17,24H,3-4,7-8,14H2,1H3,(H,23,25). The lowest BCUT2D eigenvalue weighted by Crippen LogP contribution is -2.23. The van der Waals surface area contributed by atoms with E-state index in [1.165, 1.54) is 12.8 Å². The molecule has 2 N–H and O–H groups in total. The van der Waals surface area contributed by atoms with Crippen molar-refractivity contribution in [3.05, 3.63) is 59.8 Å². The molecule has 1 fully saturated rings. The molecule has 0 unspecified atom stereocenters. The van der Waals surface area contributed by atoms with Gasteiger partial charge in [-0.1, -0.05) is 18.2 Å². The first-order chi connectivity index (χ1) is 13.2. The zero-order valence-corrected chi connectivity index (χ0v) is 15.5. The summed E-state index contributed by atoms with van der Waals surface area (Å²) in [6, 6.07) is 15.5. The van der Waals surface area contributed by atoms with E-state index >= 15 is 0 Å². The number of carbonyl (C=O) groups is 1. The smallest absolute Gasteiger partial charge is 0.267 e. The van der Waals surface area contributed by atoms with Gasteiger partial charge in [0, 0.05) is 29.1 Å². The van der Waals surface area contributed by atoms with Crippen LogP contribution in [-0.2, 0) is 6.54 Å². The fourth-order valence-corrected chi connectivity index (χ4v) is 3.58. The number of hydrogen-bond acceptors (Lipinski definition) is 3. The van der Waals surface area contributed by atoms with Crippen LogP contribution in [0.15, 0.2) is 48.5 Å². The topological polar surface area (TPSA) is 63.4 Å². The van der Waals surface area contributed by atoms with Gasteiger partial charge in [0.15, 0.2) is 0 Å². The predicted molar refractivity (Wildman–Crippen MR) is 105 cm³/mol. The van der Waals surface area contributed by atoms with Crippen molar-refractivity contribution >= 4 is 16.8 Å². The van der Waals surface area contributed by atoms with Gasteiger partial charge in [0.25, 0.3) is 5.91 Å². The first-order valence-corrected chi connectivity index (χ1v) is 9.42. The fourth-order valence-electron chi connectivity index (χ4n) is 3.58. The number of nitrogens with one attached hydrogen (secondary N) is 2. The van der Waals surface area contributed by atoms with Crippen LogP contribution in [0.3, 0.4) is 0 Å². The van der Waals surface area contributed by atoms with Crippen molar-refractivity contribution in [3.8, 4) is 11.5 Å². The molecule has 1 aliphatic carbocycles. The highest BCUT2D eigenvalue weighted by atomic mass is 16.5. The van der Waals surface area contributed by atoms with Crippen LogP contribution in [0.1, 0.15) is 41.7 Å². The zero-order chi connectivity index (χ0) is 18.6. The molecule has 5 heteroatoms. The van der Waals surface area contributed by atoms with Crippen LogP contribution < -0.4 is 14.8 Å². The zero-order valence-electron chi connectivity index (χ0n) is 15.5. The number of rotatable bonds is 6. The normalized spacial score (nSPS) is 14.4. The molecule has 0 bridgehead atoms. The van der Waals surface area contributed by atoms with Crippen molar-refractivity contribution in [1.82, 2.24) is 10.3 Å². The molecule has 0 saturated heterocycles. The number of carbonyl (C=O) groups excluding carboxylic acids is 1. The predicted octanol–water partition coefficient (Wildman–Crippen LogP) is 4.43. The first kappa shape index (κ1) is 17.5. The monoisotopic (exact) mass is 364 g/mol. The molecule has 5 nitrogen and oxygen atoms in total. The van der Waals surface area contributed by atoms with Crippen LogP contribution in [0.4, 0.5) is 0 Å². The largest absolute Gasteiger partial charge is 0.497 e. The molecule has 4 rings (SSSR count). The maximum Gasteiger partial charge on any atom is 0.267 e. The second-order valence-corrected chi connectivity index (χ2v) is 6.95. The van der Waals surface area contributed by atoms with Gasteiger partial charge in [-0.15, -0.1) is 0 Å². The van der Waals surface area contributed by atoms with E-state index in [-0.39, 0.29) is 5.91 Å². The molecular formula is C22H24N2O3. The third-order valence-corrected chi connectivity index (χ3v) is 5.08. The lowest BCUT2D eigenvalue weighted by Gasteiger charge is -2.16. The molecule has 0 radical (unpaired) electrons. The van der Waals surface area contributed by atoms with Gasteiger partial charge in [0.05, 0.1) is 13.2 Å². The molecule has 0 aliphatic heterocycles. The van der Waals surface area contributed by atoms with Crippen molar-refractivity contribution in [3.63, 3.8) is 0 Å². The Morgan fingerprint density at radius 1 is 1.15 bits per heavy atom. The number of methoxy groups -OCH3 is 1. The summed E-state index contributed by atoms with van der Waals surface area (Å²) < 4.78 is 11.4. The number of amides is 1. The van der Waals surface area contributed by atoms with E-state index in [0.29, 0.717) is 18.3 Å². The molecule has 140 valence electrons. The molecule has 1 aliphatic rings. The minimum atomic E-state index is -0.138. The van der Waals surface area contributed by atoms with E-state index in [4.69, 9.17) is 9.47 Å². The van der Waals surface area contributed by atoms with Crippen molar-refractivity contribution in [2.75, 3.05) is 7.11 Å². The van der Waals surface area contributed by atoms with Crippen molar-refractivity contribution in [2.45, 2.75) is 38.3 Å². The van der Waals surface area contributed by atoms with Gasteiger partial charge >= 0.3 is 0 Å². The fraction of sp³-hybridized carbons (Fsp3) is 0.318. The summed E-state index contributed by atoms with van der Waals surface area (Å²) in [6.45, 7) is 0.431. The second kappa shape index (κ2) is 7.74. The molecule has 1 saturated carbocycles. The average Bonchev–Trinajstić information content (AvgIpc) is 3.35. The van der Waals surface area contributed by atoms with Crippen LogP contribution in [-0.4, -0.2) is 24.1 Å². The third-order valence-electron chi connectivity index (χ3n) is 5.08. The molecule has 3 aromatic rings. The molecule has 27 heavy (non-hydrogen) atoms. The third kappa shape index (κ3) is 3.92. The molecule has 1 amide bonds. The molecule has 1 aromatic heterocycles. The number of para-hydroxylation sites is 1. The Kier molecular flexibility index (Phi) is 5.01. The lowest BCUT2D eigenvalue weighted by molar-refractivity contribution is 0.0946. The highest BCUT2D eigenvalue weighted by molar-refractivity contribution is 5.98. The number of ether oxygens (including phenoxy) is 2. The Morgan fingerprint density at radius 3 is 2.78 bits per heavy atom. The van der Waals surface area contributed by atoms with Crippen LogP contribution in [0.25, 0.3) is 10.9 Å². The number of aromatic nitrogens is 1. The van der Waals surface area contributed by atoms with Gasteiger partial charge in [-0.2, -0.15) is 0 Å². The highest BCUT2D eigenvalue weighted by Crippen LogP contribution is 2.27. The number of hydrogen-bond donors (Lipinski definition) is 2. The summed E-state index contributed by atoms with van der Waals surface area (Å²) in [7, 11) is 1.63. The maximum absolute atomic E-state index is 12.6. The number of benzene rings is 2. The summed E-state index contributed by atoms with van der Waals surface area (Å²) >= 11 is 0. The van der Waals surface area contributed by atoms with Gasteiger partial charge in [0.1, 0.15) is 17.2 Å². The Hall–Kier alpha value is -2.95. The number of fused-ring (bicyclic) bond motifs is 1. The van der Waals surface area contributed by atoms with E-state index in [9.17, 15) is 4.79 Å². The number of H-pyrrole nitrogens is 1. The Morgan fingerprint density at radius 2 is 1.96 bits per heavy atom. The molecule has 0 atom stereocenters. The van der Waals surface area contributed by atoms with E-state index in [0.717, 1.165) is 40.8 Å². The molecule has 1 heterocycles. The number of aromatic amines is 1. The lowest BCUT2D eigenvalue weighted by atomic mass is 10.2. The first-order valence-electron chi connectivity index (χ1n) is 9.42.